The van der Waals surface area contributed by atoms with Gasteiger partial charge in [-0.25, -0.2) is 0 Å². The summed E-state index contributed by atoms with van der Waals surface area (Å²) >= 11 is 6.36. The zero-order valence-corrected chi connectivity index (χ0v) is 16.4. The zero-order chi connectivity index (χ0) is 20.4. The summed E-state index contributed by atoms with van der Waals surface area (Å²) in [5.41, 5.74) is 1.71. The molecule has 0 bridgehead atoms. The number of hydrogen-bond acceptors (Lipinski definition) is 7. The highest BCUT2D eigenvalue weighted by molar-refractivity contribution is 6.31. The van der Waals surface area contributed by atoms with Crippen molar-refractivity contribution in [2.24, 2.45) is 0 Å². The fourth-order valence-electron chi connectivity index (χ4n) is 2.46. The van der Waals surface area contributed by atoms with Crippen molar-refractivity contribution >= 4 is 17.3 Å². The van der Waals surface area contributed by atoms with Crippen molar-refractivity contribution in [2.75, 3.05) is 33.4 Å². The maximum Gasteiger partial charge on any atom is 0.269 e. The van der Waals surface area contributed by atoms with Crippen LogP contribution in [0, 0.1) is 10.1 Å². The first-order chi connectivity index (χ1) is 13.5. The summed E-state index contributed by atoms with van der Waals surface area (Å²) in [6.45, 7) is 2.96. The molecule has 0 spiro atoms. The molecule has 0 radical (unpaired) electrons. The van der Waals surface area contributed by atoms with Gasteiger partial charge in [-0.15, -0.1) is 0 Å². The van der Waals surface area contributed by atoms with Gasteiger partial charge in [0.15, 0.2) is 11.5 Å². The molecule has 0 amide bonds. The number of hydrogen-bond donors (Lipinski definition) is 3. The van der Waals surface area contributed by atoms with Crippen LogP contribution in [0.1, 0.15) is 11.1 Å². The normalized spacial score (nSPS) is 10.7. The first-order valence-electron chi connectivity index (χ1n) is 8.80. The van der Waals surface area contributed by atoms with E-state index in [0.717, 1.165) is 24.2 Å². The van der Waals surface area contributed by atoms with Crippen LogP contribution in [-0.2, 0) is 13.2 Å². The van der Waals surface area contributed by atoms with Crippen LogP contribution in [0.2, 0.25) is 5.02 Å². The molecule has 0 fully saturated rings. The number of nitro groups is 1. The molecular weight excluding hydrogens is 386 g/mol. The van der Waals surface area contributed by atoms with E-state index in [-0.39, 0.29) is 18.9 Å². The maximum atomic E-state index is 10.7. The predicted octanol–water partition coefficient (Wildman–Crippen LogP) is 2.51. The molecule has 0 atom stereocenters. The lowest BCUT2D eigenvalue weighted by Crippen LogP contribution is -2.28. The summed E-state index contributed by atoms with van der Waals surface area (Å²) in [6, 6.07) is 9.69. The highest BCUT2D eigenvalue weighted by Crippen LogP contribution is 2.34. The molecule has 28 heavy (non-hydrogen) atoms. The van der Waals surface area contributed by atoms with Gasteiger partial charge in [0, 0.05) is 49.4 Å². The van der Waals surface area contributed by atoms with E-state index in [1.54, 1.807) is 25.3 Å². The van der Waals surface area contributed by atoms with Crippen molar-refractivity contribution in [3.63, 3.8) is 0 Å². The van der Waals surface area contributed by atoms with E-state index in [4.69, 9.17) is 26.2 Å². The summed E-state index contributed by atoms with van der Waals surface area (Å²) in [6.07, 6.45) is 0. The average molecular weight is 410 g/mol. The molecule has 3 N–H and O–H groups in total. The lowest BCUT2D eigenvalue weighted by atomic mass is 10.2. The zero-order valence-electron chi connectivity index (χ0n) is 15.6. The highest BCUT2D eigenvalue weighted by atomic mass is 35.5. The largest absolute Gasteiger partial charge is 0.493 e. The Morgan fingerprint density at radius 2 is 1.82 bits per heavy atom. The summed E-state index contributed by atoms with van der Waals surface area (Å²) in [7, 11) is 1.55. The SMILES string of the molecule is COc1cc(CNCCNCCO)c(Cl)cc1OCc1ccc([N+](=O)[O-])cc1. The summed E-state index contributed by atoms with van der Waals surface area (Å²) in [4.78, 5) is 10.3. The van der Waals surface area contributed by atoms with E-state index in [9.17, 15) is 10.1 Å². The molecule has 2 aromatic rings. The minimum absolute atomic E-state index is 0.0350. The number of non-ortho nitro benzene ring substituents is 1. The van der Waals surface area contributed by atoms with E-state index in [1.165, 1.54) is 12.1 Å². The molecule has 0 saturated heterocycles. The smallest absolute Gasteiger partial charge is 0.269 e. The van der Waals surface area contributed by atoms with E-state index < -0.39 is 4.92 Å². The lowest BCUT2D eigenvalue weighted by molar-refractivity contribution is -0.384. The molecule has 2 aromatic carbocycles. The van der Waals surface area contributed by atoms with Crippen LogP contribution in [0.4, 0.5) is 5.69 Å². The number of nitrogens with zero attached hydrogens (tertiary/aromatic N) is 1. The Balaban J connectivity index is 1.95. The molecule has 0 aromatic heterocycles. The second-order valence-electron chi connectivity index (χ2n) is 5.96. The van der Waals surface area contributed by atoms with Crippen LogP contribution in [-0.4, -0.2) is 43.4 Å². The van der Waals surface area contributed by atoms with Crippen molar-refractivity contribution in [1.82, 2.24) is 10.6 Å². The van der Waals surface area contributed by atoms with Gasteiger partial charge in [-0.2, -0.15) is 0 Å². The molecular formula is C19H24ClN3O5. The number of benzene rings is 2. The van der Waals surface area contributed by atoms with E-state index in [1.807, 2.05) is 6.07 Å². The van der Waals surface area contributed by atoms with Crippen molar-refractivity contribution in [2.45, 2.75) is 13.2 Å². The van der Waals surface area contributed by atoms with Crippen LogP contribution in [0.5, 0.6) is 11.5 Å². The number of ether oxygens (including phenoxy) is 2. The highest BCUT2D eigenvalue weighted by Gasteiger charge is 2.11. The molecule has 0 unspecified atom stereocenters. The van der Waals surface area contributed by atoms with Crippen LogP contribution in [0.15, 0.2) is 36.4 Å². The third-order valence-electron chi connectivity index (χ3n) is 3.96. The molecule has 0 aliphatic carbocycles. The van der Waals surface area contributed by atoms with Gasteiger partial charge in [-0.05, 0) is 29.3 Å². The molecule has 0 heterocycles. The number of nitrogens with one attached hydrogen (secondary N) is 2. The van der Waals surface area contributed by atoms with Crippen molar-refractivity contribution in [3.8, 4) is 11.5 Å². The topological polar surface area (TPSA) is 106 Å². The number of rotatable bonds is 12. The molecule has 8 nitrogen and oxygen atoms in total. The number of halogens is 1. The summed E-state index contributed by atoms with van der Waals surface area (Å²) in [5, 5.41) is 26.3. The molecule has 0 saturated carbocycles. The Morgan fingerprint density at radius 3 is 2.46 bits per heavy atom. The van der Waals surface area contributed by atoms with Crippen LogP contribution >= 0.6 is 11.6 Å². The summed E-state index contributed by atoms with van der Waals surface area (Å²) in [5.74, 6) is 1.06. The van der Waals surface area contributed by atoms with Gasteiger partial charge in [0.25, 0.3) is 5.69 Å². The molecule has 0 aliphatic heterocycles. The van der Waals surface area contributed by atoms with E-state index >= 15 is 0 Å². The fraction of sp³-hybridized carbons (Fsp3) is 0.368. The van der Waals surface area contributed by atoms with Gasteiger partial charge < -0.3 is 25.2 Å². The van der Waals surface area contributed by atoms with Gasteiger partial charge in [-0.3, -0.25) is 10.1 Å². The van der Waals surface area contributed by atoms with Gasteiger partial charge in [0.1, 0.15) is 6.61 Å². The van der Waals surface area contributed by atoms with E-state index in [0.29, 0.717) is 29.6 Å². The lowest BCUT2D eigenvalue weighted by Gasteiger charge is -2.14. The second kappa shape index (κ2) is 11.5. The van der Waals surface area contributed by atoms with Crippen LogP contribution < -0.4 is 20.1 Å². The standard InChI is InChI=1S/C19H24ClN3O5/c1-27-18-10-15(12-22-7-6-21-8-9-24)17(20)11-19(18)28-13-14-2-4-16(5-3-14)23(25)26/h2-5,10-11,21-22,24H,6-9,12-13H2,1H3. The molecule has 9 heteroatoms. The van der Waals surface area contributed by atoms with Gasteiger partial charge >= 0.3 is 0 Å². The molecule has 152 valence electrons. The van der Waals surface area contributed by atoms with Crippen LogP contribution in [0.25, 0.3) is 0 Å². The van der Waals surface area contributed by atoms with Gasteiger partial charge in [-0.1, -0.05) is 11.6 Å². The number of nitro benzene ring substituents is 1. The number of methoxy groups -OCH3 is 1. The third kappa shape index (κ3) is 6.65. The van der Waals surface area contributed by atoms with Gasteiger partial charge in [0.05, 0.1) is 18.6 Å². The van der Waals surface area contributed by atoms with E-state index in [2.05, 4.69) is 10.6 Å². The number of aliphatic hydroxyl groups excluding tert-OH is 1. The Morgan fingerprint density at radius 1 is 1.11 bits per heavy atom. The Labute approximate surface area is 168 Å². The molecule has 0 aliphatic rings. The summed E-state index contributed by atoms with van der Waals surface area (Å²) < 4.78 is 11.2. The first-order valence-corrected chi connectivity index (χ1v) is 9.17. The number of aliphatic hydroxyl groups is 1. The average Bonchev–Trinajstić information content (AvgIpc) is 2.70. The van der Waals surface area contributed by atoms with Crippen molar-refractivity contribution in [3.05, 3.63) is 62.7 Å². The maximum absolute atomic E-state index is 10.7. The quantitative estimate of drug-likeness (QED) is 0.281. The van der Waals surface area contributed by atoms with Crippen molar-refractivity contribution < 1.29 is 19.5 Å². The Kier molecular flexibility index (Phi) is 8.96. The third-order valence-corrected chi connectivity index (χ3v) is 4.31. The monoisotopic (exact) mass is 409 g/mol. The van der Waals surface area contributed by atoms with Crippen molar-refractivity contribution in [1.29, 1.82) is 0 Å². The Bertz CT molecular complexity index is 771. The van der Waals surface area contributed by atoms with Crippen LogP contribution in [0.3, 0.4) is 0 Å². The Hall–Kier alpha value is -2.39. The second-order valence-corrected chi connectivity index (χ2v) is 6.36. The molecule has 2 rings (SSSR count). The fourth-order valence-corrected chi connectivity index (χ4v) is 2.68. The predicted molar refractivity (Wildman–Crippen MR) is 107 cm³/mol. The minimum atomic E-state index is -0.442. The first kappa shape index (κ1) is 21.9. The minimum Gasteiger partial charge on any atom is -0.493 e. The van der Waals surface area contributed by atoms with Gasteiger partial charge in [0.2, 0.25) is 0 Å².